The minimum Gasteiger partial charge on any atom is -0.481 e. The highest BCUT2D eigenvalue weighted by Crippen LogP contribution is 2.37. The van der Waals surface area contributed by atoms with E-state index in [2.05, 4.69) is 66.0 Å². The Morgan fingerprint density at radius 3 is 0.980 bits per heavy atom. The first-order valence-corrected chi connectivity index (χ1v) is 17.4. The number of carboxylic acid groups (broad SMARTS) is 3. The molecule has 4 saturated heterocycles. The second-order valence-corrected chi connectivity index (χ2v) is 16.0. The maximum Gasteiger partial charge on any atom is 0.336 e. The molecule has 0 aromatic heterocycles. The molecule has 0 aromatic rings. The second-order valence-electron chi connectivity index (χ2n) is 16.0. The summed E-state index contributed by atoms with van der Waals surface area (Å²) >= 11 is 0. The Morgan fingerprint density at radius 2 is 0.837 bits per heavy atom. The third kappa shape index (κ3) is 18.2. The number of aliphatic hydroxyl groups is 3. The van der Waals surface area contributed by atoms with Gasteiger partial charge >= 0.3 is 17.9 Å². The number of piperidine rings is 4. The molecule has 290 valence electrons. The van der Waals surface area contributed by atoms with Gasteiger partial charge in [-0.1, -0.05) is 0 Å². The third-order valence-electron chi connectivity index (χ3n) is 9.35. The highest BCUT2D eigenvalue weighted by molar-refractivity contribution is 5.88. The number of carboxylic acids is 3. The molecule has 49 heavy (non-hydrogen) atoms. The summed E-state index contributed by atoms with van der Waals surface area (Å²) in [5.41, 5.74) is -2.90. The van der Waals surface area contributed by atoms with Gasteiger partial charge in [0, 0.05) is 22.2 Å². The molecule has 0 spiro atoms. The molecular formula is C34H68N4O11. The lowest BCUT2D eigenvalue weighted by molar-refractivity contribution is -0.241. The molecule has 10 N–H and O–H groups in total. The van der Waals surface area contributed by atoms with Gasteiger partial charge in [-0.3, -0.25) is 9.59 Å². The first-order chi connectivity index (χ1) is 22.3. The predicted octanol–water partition coefficient (Wildman–Crippen LogP) is 3.05. The zero-order valence-electron chi connectivity index (χ0n) is 31.2. The SMILES string of the molecule is CC1(C)CCCC(C)(C)N1O.CC1(C)CCCC(C)(C)N1O.O=C(O)CC(O)(CC(=O)O)C(=O)O.OC1CCNCC1.OC1CCNCC1. The van der Waals surface area contributed by atoms with Crippen molar-refractivity contribution in [3.63, 3.8) is 0 Å². The van der Waals surface area contributed by atoms with Crippen molar-refractivity contribution < 1.29 is 55.4 Å². The summed E-state index contributed by atoms with van der Waals surface area (Å²) < 4.78 is 0. The Balaban J connectivity index is 0.000000598. The van der Waals surface area contributed by atoms with Crippen LogP contribution < -0.4 is 10.6 Å². The molecule has 0 unspecified atom stereocenters. The van der Waals surface area contributed by atoms with Gasteiger partial charge in [-0.15, -0.1) is 0 Å². The zero-order chi connectivity index (χ0) is 38.3. The molecule has 15 heteroatoms. The average molecular weight is 709 g/mol. The molecular weight excluding hydrogens is 640 g/mol. The van der Waals surface area contributed by atoms with Crippen molar-refractivity contribution in [1.29, 1.82) is 0 Å². The van der Waals surface area contributed by atoms with Crippen molar-refractivity contribution in [3.8, 4) is 0 Å². The van der Waals surface area contributed by atoms with E-state index in [-0.39, 0.29) is 34.4 Å². The summed E-state index contributed by atoms with van der Waals surface area (Å²) in [5.74, 6) is -5.02. The van der Waals surface area contributed by atoms with Crippen molar-refractivity contribution in [3.05, 3.63) is 0 Å². The molecule has 0 radical (unpaired) electrons. The van der Waals surface area contributed by atoms with Gasteiger partial charge in [0.15, 0.2) is 5.60 Å². The van der Waals surface area contributed by atoms with E-state index in [0.717, 1.165) is 77.5 Å². The van der Waals surface area contributed by atoms with Crippen LogP contribution in [0.2, 0.25) is 0 Å². The van der Waals surface area contributed by atoms with Crippen LogP contribution in [0, 0.1) is 0 Å². The number of aliphatic carboxylic acids is 3. The Hall–Kier alpha value is -1.95. The number of hydrogen-bond donors (Lipinski definition) is 10. The minimum absolute atomic E-state index is 0.0266. The largest absolute Gasteiger partial charge is 0.481 e. The van der Waals surface area contributed by atoms with Crippen molar-refractivity contribution in [2.45, 2.75) is 172 Å². The lowest BCUT2D eigenvalue weighted by Crippen LogP contribution is -2.56. The van der Waals surface area contributed by atoms with Crippen LogP contribution in [0.5, 0.6) is 0 Å². The topological polar surface area (TPSA) is 244 Å². The molecule has 4 aliphatic rings. The van der Waals surface area contributed by atoms with E-state index >= 15 is 0 Å². The number of nitrogens with one attached hydrogen (secondary N) is 2. The van der Waals surface area contributed by atoms with Crippen molar-refractivity contribution in [2.24, 2.45) is 0 Å². The molecule has 0 amide bonds. The lowest BCUT2D eigenvalue weighted by Gasteiger charge is -2.48. The molecule has 0 aliphatic carbocycles. The molecule has 0 aromatic carbocycles. The van der Waals surface area contributed by atoms with Gasteiger partial charge in [-0.05, 0) is 146 Å². The van der Waals surface area contributed by atoms with Crippen molar-refractivity contribution >= 4 is 17.9 Å². The summed E-state index contributed by atoms with van der Waals surface area (Å²) in [7, 11) is 0. The lowest BCUT2D eigenvalue weighted by atomic mass is 9.82. The Bertz CT molecular complexity index is 895. The van der Waals surface area contributed by atoms with E-state index in [4.69, 9.17) is 30.6 Å². The summed E-state index contributed by atoms with van der Waals surface area (Å²) in [6.07, 6.45) is 8.18. The molecule has 0 saturated carbocycles. The van der Waals surface area contributed by atoms with Gasteiger partial charge in [0.05, 0.1) is 25.0 Å². The molecule has 4 aliphatic heterocycles. The smallest absolute Gasteiger partial charge is 0.336 e. The van der Waals surface area contributed by atoms with Crippen molar-refractivity contribution in [2.75, 3.05) is 26.2 Å². The maximum atomic E-state index is 10.3. The van der Waals surface area contributed by atoms with Crippen LogP contribution >= 0.6 is 0 Å². The number of nitrogens with zero attached hydrogens (tertiary/aromatic N) is 2. The number of carbonyl (C=O) groups is 3. The third-order valence-corrected chi connectivity index (χ3v) is 9.35. The standard InChI is InChI=1S/2C9H19NO.C6H8O7.2C5H11NO/c2*1-8(2)6-5-7-9(3,4)10(8)11;7-3(8)1-6(13,5(11)12)2-4(9)10;2*7-5-1-3-6-4-2-5/h2*11H,5-7H2,1-4H3;13H,1-2H2,(H,7,8)(H,9,10)(H,11,12);2*5-7H,1-4H2. The summed E-state index contributed by atoms with van der Waals surface area (Å²) in [6.45, 7) is 20.7. The molecule has 4 fully saturated rings. The molecule has 4 rings (SSSR count). The summed E-state index contributed by atoms with van der Waals surface area (Å²) in [5, 5.41) is 80.5. The van der Waals surface area contributed by atoms with Gasteiger partial charge in [-0.25, -0.2) is 4.79 Å². The van der Waals surface area contributed by atoms with Gasteiger partial charge in [0.25, 0.3) is 0 Å². The molecule has 15 nitrogen and oxygen atoms in total. The van der Waals surface area contributed by atoms with Gasteiger partial charge in [0.1, 0.15) is 0 Å². The summed E-state index contributed by atoms with van der Waals surface area (Å²) in [6, 6.07) is 0. The highest BCUT2D eigenvalue weighted by Gasteiger charge is 2.42. The maximum absolute atomic E-state index is 10.3. The first-order valence-electron chi connectivity index (χ1n) is 17.4. The first kappa shape index (κ1) is 47.0. The zero-order valence-corrected chi connectivity index (χ0v) is 31.2. The van der Waals surface area contributed by atoms with Crippen LogP contribution in [0.4, 0.5) is 0 Å². The van der Waals surface area contributed by atoms with E-state index in [1.165, 1.54) is 23.0 Å². The Labute approximate surface area is 292 Å². The van der Waals surface area contributed by atoms with E-state index in [1.54, 1.807) is 0 Å². The minimum atomic E-state index is -2.74. The number of aliphatic hydroxyl groups excluding tert-OH is 2. The highest BCUT2D eigenvalue weighted by atomic mass is 16.5. The van der Waals surface area contributed by atoms with E-state index < -0.39 is 36.4 Å². The van der Waals surface area contributed by atoms with Crippen LogP contribution in [0.15, 0.2) is 0 Å². The van der Waals surface area contributed by atoms with Crippen LogP contribution in [0.25, 0.3) is 0 Å². The monoisotopic (exact) mass is 708 g/mol. The number of hydroxylamine groups is 4. The Morgan fingerprint density at radius 1 is 0.592 bits per heavy atom. The van der Waals surface area contributed by atoms with Crippen LogP contribution in [-0.2, 0) is 14.4 Å². The molecule has 0 bridgehead atoms. The van der Waals surface area contributed by atoms with E-state index in [0.29, 0.717) is 0 Å². The number of rotatable bonds is 5. The fourth-order valence-corrected chi connectivity index (χ4v) is 6.30. The quantitative estimate of drug-likeness (QED) is 0.197. The van der Waals surface area contributed by atoms with Gasteiger partial charge in [0.2, 0.25) is 0 Å². The molecule has 0 atom stereocenters. The van der Waals surface area contributed by atoms with Gasteiger partial charge in [-0.2, -0.15) is 10.1 Å². The van der Waals surface area contributed by atoms with E-state index in [9.17, 15) is 24.8 Å². The van der Waals surface area contributed by atoms with Crippen LogP contribution in [-0.4, -0.2) is 135 Å². The van der Waals surface area contributed by atoms with E-state index in [1.807, 2.05) is 0 Å². The molecule has 4 heterocycles. The fraction of sp³-hybridized carbons (Fsp3) is 0.912. The van der Waals surface area contributed by atoms with Crippen molar-refractivity contribution in [1.82, 2.24) is 20.8 Å². The van der Waals surface area contributed by atoms with Crippen LogP contribution in [0.3, 0.4) is 0 Å². The average Bonchev–Trinajstić information content (AvgIpc) is 2.96. The fourth-order valence-electron chi connectivity index (χ4n) is 6.30. The summed E-state index contributed by atoms with van der Waals surface area (Å²) in [4.78, 5) is 30.5. The van der Waals surface area contributed by atoms with Gasteiger partial charge < -0.3 is 51.7 Å². The van der Waals surface area contributed by atoms with Crippen LogP contribution in [0.1, 0.15) is 132 Å². The Kier molecular flexibility index (Phi) is 20.0. The number of hydrogen-bond acceptors (Lipinski definition) is 12. The second kappa shape index (κ2) is 20.8. The predicted molar refractivity (Wildman–Crippen MR) is 185 cm³/mol. The normalized spacial score (nSPS) is 23.7.